The Kier molecular flexibility index (Phi) is 2.74. The van der Waals surface area contributed by atoms with Crippen LogP contribution in [0.15, 0.2) is 67.4 Å². The van der Waals surface area contributed by atoms with Crippen molar-refractivity contribution in [3.05, 3.63) is 67.4 Å². The molecule has 3 heterocycles. The van der Waals surface area contributed by atoms with E-state index >= 15 is 0 Å². The Hall–Kier alpha value is -2.95. The third-order valence-corrected chi connectivity index (χ3v) is 3.54. The van der Waals surface area contributed by atoms with E-state index in [-0.39, 0.29) is 0 Å². The van der Waals surface area contributed by atoms with Gasteiger partial charge in [-0.2, -0.15) is 0 Å². The van der Waals surface area contributed by atoms with Gasteiger partial charge in [0.15, 0.2) is 5.82 Å². The van der Waals surface area contributed by atoms with Crippen molar-refractivity contribution in [2.24, 2.45) is 0 Å². The number of nitrogens with zero attached hydrogens (tertiary/aromatic N) is 5. The molecule has 21 heavy (non-hydrogen) atoms. The molecule has 1 aromatic carbocycles. The summed E-state index contributed by atoms with van der Waals surface area (Å²) in [7, 11) is 0. The first-order valence-electron chi connectivity index (χ1n) is 6.73. The average molecular weight is 275 g/mol. The molecule has 0 N–H and O–H groups in total. The average Bonchev–Trinajstić information content (AvgIpc) is 2.96. The molecule has 1 aliphatic rings. The van der Waals surface area contributed by atoms with Crippen LogP contribution in [0, 0.1) is 0 Å². The lowest BCUT2D eigenvalue weighted by Crippen LogP contribution is -2.24. The second-order valence-electron chi connectivity index (χ2n) is 4.77. The summed E-state index contributed by atoms with van der Waals surface area (Å²) in [4.78, 5) is 17.1. The van der Waals surface area contributed by atoms with Crippen LogP contribution < -0.4 is 9.80 Å². The van der Waals surface area contributed by atoms with Crippen LogP contribution in [0.4, 0.5) is 22.9 Å². The van der Waals surface area contributed by atoms with Gasteiger partial charge < -0.3 is 9.80 Å². The van der Waals surface area contributed by atoms with E-state index in [2.05, 4.69) is 36.9 Å². The molecule has 0 radical (unpaired) electrons. The zero-order valence-electron chi connectivity index (χ0n) is 11.3. The summed E-state index contributed by atoms with van der Waals surface area (Å²) in [6.45, 7) is 0.710. The summed E-state index contributed by atoms with van der Waals surface area (Å²) < 4.78 is 0. The van der Waals surface area contributed by atoms with Gasteiger partial charge in [0.05, 0.1) is 6.20 Å². The van der Waals surface area contributed by atoms with Crippen molar-refractivity contribution in [3.8, 4) is 0 Å². The monoisotopic (exact) mass is 275 g/mol. The van der Waals surface area contributed by atoms with E-state index in [1.54, 1.807) is 18.7 Å². The highest BCUT2D eigenvalue weighted by Gasteiger charge is 2.29. The van der Waals surface area contributed by atoms with Gasteiger partial charge in [-0.1, -0.05) is 18.2 Å². The van der Waals surface area contributed by atoms with E-state index in [9.17, 15) is 0 Å². The predicted molar refractivity (Wildman–Crippen MR) is 81.9 cm³/mol. The molecule has 0 aliphatic carbocycles. The maximum Gasteiger partial charge on any atom is 0.162 e. The highest BCUT2D eigenvalue weighted by molar-refractivity contribution is 5.83. The molecule has 0 saturated carbocycles. The highest BCUT2D eigenvalue weighted by atomic mass is 15.4. The van der Waals surface area contributed by atoms with Crippen LogP contribution in [-0.4, -0.2) is 21.6 Å². The zero-order valence-corrected chi connectivity index (χ0v) is 11.3. The Morgan fingerprint density at radius 2 is 1.57 bits per heavy atom. The van der Waals surface area contributed by atoms with Crippen molar-refractivity contribution in [1.29, 1.82) is 0 Å². The van der Waals surface area contributed by atoms with Crippen LogP contribution in [0.3, 0.4) is 0 Å². The van der Waals surface area contributed by atoms with E-state index in [4.69, 9.17) is 0 Å². The fourth-order valence-corrected chi connectivity index (χ4v) is 2.56. The van der Waals surface area contributed by atoms with Gasteiger partial charge in [-0.15, -0.1) is 0 Å². The summed E-state index contributed by atoms with van der Waals surface area (Å²) in [5.74, 6) is 0.917. The molecule has 3 aromatic rings. The number of hydrogen-bond acceptors (Lipinski definition) is 5. The number of anilines is 4. The van der Waals surface area contributed by atoms with Gasteiger partial charge in [-0.3, -0.25) is 4.98 Å². The van der Waals surface area contributed by atoms with Crippen LogP contribution in [0.25, 0.3) is 0 Å². The fraction of sp³-hybridized carbons (Fsp3) is 0.0625. The molecular formula is C16H13N5. The smallest absolute Gasteiger partial charge is 0.162 e. The first-order chi connectivity index (χ1) is 10.4. The van der Waals surface area contributed by atoms with E-state index in [0.717, 1.165) is 22.9 Å². The van der Waals surface area contributed by atoms with Gasteiger partial charge in [0.25, 0.3) is 0 Å². The van der Waals surface area contributed by atoms with Crippen LogP contribution >= 0.6 is 0 Å². The fourth-order valence-electron chi connectivity index (χ4n) is 2.56. The molecule has 0 saturated heterocycles. The van der Waals surface area contributed by atoms with Crippen LogP contribution in [0.1, 0.15) is 0 Å². The van der Waals surface area contributed by atoms with E-state index in [0.29, 0.717) is 6.67 Å². The molecular weight excluding hydrogens is 262 g/mol. The number of pyridine rings is 1. The molecule has 102 valence electrons. The largest absolute Gasteiger partial charge is 0.318 e. The van der Waals surface area contributed by atoms with Gasteiger partial charge in [0.1, 0.15) is 18.7 Å². The van der Waals surface area contributed by atoms with Gasteiger partial charge in [0, 0.05) is 23.8 Å². The molecule has 2 aromatic heterocycles. The molecule has 1 aliphatic heterocycles. The van der Waals surface area contributed by atoms with Crippen molar-refractivity contribution in [1.82, 2.24) is 15.0 Å². The van der Waals surface area contributed by atoms with Gasteiger partial charge >= 0.3 is 0 Å². The Bertz CT molecular complexity index is 680. The lowest BCUT2D eigenvalue weighted by Gasteiger charge is -2.21. The third-order valence-electron chi connectivity index (χ3n) is 3.54. The Labute approximate surface area is 122 Å². The van der Waals surface area contributed by atoms with Crippen LogP contribution in [0.5, 0.6) is 0 Å². The quantitative estimate of drug-likeness (QED) is 0.719. The number of hydrogen-bond donors (Lipinski definition) is 0. The van der Waals surface area contributed by atoms with Crippen LogP contribution in [-0.2, 0) is 0 Å². The van der Waals surface area contributed by atoms with Crippen LogP contribution in [0.2, 0.25) is 0 Å². The van der Waals surface area contributed by atoms with Crippen molar-refractivity contribution < 1.29 is 0 Å². The van der Waals surface area contributed by atoms with Crippen molar-refractivity contribution in [3.63, 3.8) is 0 Å². The summed E-state index contributed by atoms with van der Waals surface area (Å²) in [5.41, 5.74) is 3.22. The topological polar surface area (TPSA) is 45.2 Å². The maximum atomic E-state index is 4.45. The van der Waals surface area contributed by atoms with E-state index in [1.165, 1.54) is 0 Å². The van der Waals surface area contributed by atoms with Crippen molar-refractivity contribution in [2.45, 2.75) is 0 Å². The minimum Gasteiger partial charge on any atom is -0.318 e. The highest BCUT2D eigenvalue weighted by Crippen LogP contribution is 2.41. The molecule has 0 bridgehead atoms. The van der Waals surface area contributed by atoms with Gasteiger partial charge in [0.2, 0.25) is 0 Å². The summed E-state index contributed by atoms with van der Waals surface area (Å²) in [5, 5.41) is 0. The Morgan fingerprint density at radius 3 is 2.38 bits per heavy atom. The normalized spacial score (nSPS) is 13.3. The Balaban J connectivity index is 1.81. The summed E-state index contributed by atoms with van der Waals surface area (Å²) in [6, 6.07) is 14.2. The minimum absolute atomic E-state index is 0.710. The molecule has 4 rings (SSSR count). The molecule has 0 atom stereocenters. The SMILES string of the molecule is c1ccc(N2CN(c3ccncc3)c3ncncc32)cc1. The standard InChI is InChI=1S/C16H13N5/c1-2-4-13(5-3-1)20-12-21(14-6-8-17-9-7-14)16-15(20)10-18-11-19-16/h1-11H,12H2. The predicted octanol–water partition coefficient (Wildman–Crippen LogP) is 3.12. The zero-order chi connectivity index (χ0) is 14.1. The lowest BCUT2D eigenvalue weighted by atomic mass is 10.3. The maximum absolute atomic E-state index is 4.45. The van der Waals surface area contributed by atoms with Crippen molar-refractivity contribution in [2.75, 3.05) is 16.5 Å². The number of rotatable bonds is 2. The number of aromatic nitrogens is 3. The van der Waals surface area contributed by atoms with Gasteiger partial charge in [-0.05, 0) is 24.3 Å². The van der Waals surface area contributed by atoms with Gasteiger partial charge in [-0.25, -0.2) is 9.97 Å². The molecule has 5 heteroatoms. The first-order valence-corrected chi connectivity index (χ1v) is 6.73. The molecule has 0 unspecified atom stereocenters. The molecule has 0 spiro atoms. The van der Waals surface area contributed by atoms with E-state index in [1.807, 2.05) is 36.5 Å². The second kappa shape index (κ2) is 4.86. The number of benzene rings is 1. The lowest BCUT2D eigenvalue weighted by molar-refractivity contribution is 0.979. The summed E-state index contributed by atoms with van der Waals surface area (Å²) >= 11 is 0. The number of fused-ring (bicyclic) bond motifs is 1. The molecule has 0 fully saturated rings. The molecule has 0 amide bonds. The number of para-hydroxylation sites is 1. The Morgan fingerprint density at radius 1 is 0.810 bits per heavy atom. The first kappa shape index (κ1) is 11.8. The second-order valence-corrected chi connectivity index (χ2v) is 4.77. The minimum atomic E-state index is 0.710. The van der Waals surface area contributed by atoms with E-state index < -0.39 is 0 Å². The third kappa shape index (κ3) is 1.99. The van der Waals surface area contributed by atoms with Crippen molar-refractivity contribution >= 4 is 22.9 Å². The molecule has 5 nitrogen and oxygen atoms in total. The summed E-state index contributed by atoms with van der Waals surface area (Å²) in [6.07, 6.45) is 7.03.